The van der Waals surface area contributed by atoms with E-state index in [1.807, 2.05) is 18.2 Å². The third kappa shape index (κ3) is 2.51. The maximum atomic E-state index is 12.9. The molecule has 2 saturated carbocycles. The van der Waals surface area contributed by atoms with Crippen molar-refractivity contribution >= 4 is 21.8 Å². The Bertz CT molecular complexity index is 503. The van der Waals surface area contributed by atoms with Gasteiger partial charge in [-0.3, -0.25) is 4.79 Å². The topological polar surface area (TPSA) is 46.3 Å². The Kier molecular flexibility index (Phi) is 3.87. The molecule has 20 heavy (non-hydrogen) atoms. The van der Waals surface area contributed by atoms with Crippen molar-refractivity contribution in [1.29, 1.82) is 0 Å². The number of hydrogen-bond acceptors (Lipinski definition) is 2. The quantitative estimate of drug-likeness (QED) is 0.898. The number of carbonyl (C=O) groups excluding carboxylic acids is 1. The fourth-order valence-corrected chi connectivity index (χ4v) is 3.39. The molecular formula is C16H21BrN2O. The summed E-state index contributed by atoms with van der Waals surface area (Å²) in [4.78, 5) is 15.0. The Balaban J connectivity index is 1.79. The number of nitrogens with two attached hydrogens (primary N) is 1. The number of benzene rings is 1. The van der Waals surface area contributed by atoms with Crippen molar-refractivity contribution < 1.29 is 4.79 Å². The molecule has 0 saturated heterocycles. The lowest BCUT2D eigenvalue weighted by atomic mass is 9.67. The molecule has 0 aliphatic heterocycles. The van der Waals surface area contributed by atoms with Crippen LogP contribution in [0, 0.1) is 5.41 Å². The molecule has 0 bridgehead atoms. The van der Waals surface area contributed by atoms with Crippen LogP contribution >= 0.6 is 15.9 Å². The van der Waals surface area contributed by atoms with Gasteiger partial charge < -0.3 is 10.6 Å². The van der Waals surface area contributed by atoms with Crippen molar-refractivity contribution in [1.82, 2.24) is 4.90 Å². The van der Waals surface area contributed by atoms with E-state index in [1.54, 1.807) is 0 Å². The fraction of sp³-hybridized carbons (Fsp3) is 0.562. The van der Waals surface area contributed by atoms with Gasteiger partial charge in [0, 0.05) is 23.6 Å². The minimum atomic E-state index is -0.260. The van der Waals surface area contributed by atoms with Crippen LogP contribution in [0.25, 0.3) is 0 Å². The summed E-state index contributed by atoms with van der Waals surface area (Å²) in [5, 5.41) is 0. The molecule has 0 heterocycles. The lowest BCUT2D eigenvalue weighted by Crippen LogP contribution is -2.52. The van der Waals surface area contributed by atoms with Crippen molar-refractivity contribution in [3.63, 3.8) is 0 Å². The summed E-state index contributed by atoms with van der Waals surface area (Å²) in [5.74, 6) is 0.282. The first-order chi connectivity index (χ1) is 9.66. The van der Waals surface area contributed by atoms with Crippen LogP contribution in [0.5, 0.6) is 0 Å². The Morgan fingerprint density at radius 3 is 2.55 bits per heavy atom. The van der Waals surface area contributed by atoms with E-state index in [9.17, 15) is 4.79 Å². The van der Waals surface area contributed by atoms with Crippen molar-refractivity contribution in [2.45, 2.75) is 44.7 Å². The van der Waals surface area contributed by atoms with E-state index in [0.717, 1.165) is 36.6 Å². The number of amides is 1. The van der Waals surface area contributed by atoms with Gasteiger partial charge in [0.1, 0.15) is 0 Å². The highest BCUT2D eigenvalue weighted by molar-refractivity contribution is 9.10. The molecule has 0 spiro atoms. The summed E-state index contributed by atoms with van der Waals surface area (Å²) in [6.07, 6.45) is 5.33. The number of carbonyl (C=O) groups is 1. The molecular weight excluding hydrogens is 316 g/mol. The van der Waals surface area contributed by atoms with E-state index in [-0.39, 0.29) is 11.3 Å². The van der Waals surface area contributed by atoms with E-state index in [0.29, 0.717) is 19.1 Å². The monoisotopic (exact) mass is 336 g/mol. The average molecular weight is 337 g/mol. The summed E-state index contributed by atoms with van der Waals surface area (Å²) >= 11 is 3.58. The maximum absolute atomic E-state index is 12.9. The fourth-order valence-electron chi connectivity index (χ4n) is 2.98. The molecule has 2 N–H and O–H groups in total. The third-order valence-electron chi connectivity index (χ3n) is 4.70. The molecule has 0 atom stereocenters. The van der Waals surface area contributed by atoms with E-state index >= 15 is 0 Å². The Hall–Kier alpha value is -0.870. The molecule has 1 aromatic carbocycles. The Morgan fingerprint density at radius 1 is 1.35 bits per heavy atom. The second-order valence-corrected chi connectivity index (χ2v) is 6.95. The molecule has 2 aliphatic carbocycles. The highest BCUT2D eigenvalue weighted by atomic mass is 79.9. The molecule has 108 valence electrons. The van der Waals surface area contributed by atoms with Crippen molar-refractivity contribution in [3.8, 4) is 0 Å². The van der Waals surface area contributed by atoms with E-state index < -0.39 is 0 Å². The number of halogens is 1. The summed E-state index contributed by atoms with van der Waals surface area (Å²) in [6, 6.07) is 8.58. The van der Waals surface area contributed by atoms with Gasteiger partial charge in [-0.25, -0.2) is 0 Å². The summed E-state index contributed by atoms with van der Waals surface area (Å²) in [7, 11) is 0. The van der Waals surface area contributed by atoms with Gasteiger partial charge >= 0.3 is 0 Å². The summed E-state index contributed by atoms with van der Waals surface area (Å²) in [6.45, 7) is 1.19. The van der Waals surface area contributed by atoms with Crippen molar-refractivity contribution in [2.75, 3.05) is 6.54 Å². The van der Waals surface area contributed by atoms with Crippen LogP contribution in [0.1, 0.15) is 37.7 Å². The zero-order valence-corrected chi connectivity index (χ0v) is 13.2. The van der Waals surface area contributed by atoms with Gasteiger partial charge in [0.05, 0.1) is 5.41 Å². The minimum absolute atomic E-state index is 0.260. The molecule has 1 amide bonds. The molecule has 1 aromatic rings. The van der Waals surface area contributed by atoms with Gasteiger partial charge in [0.25, 0.3) is 0 Å². The Labute approximate surface area is 128 Å². The van der Waals surface area contributed by atoms with Gasteiger partial charge in [-0.15, -0.1) is 0 Å². The molecule has 3 nitrogen and oxygen atoms in total. The molecule has 0 unspecified atom stereocenters. The average Bonchev–Trinajstić information content (AvgIpc) is 3.21. The first-order valence-corrected chi connectivity index (χ1v) is 8.20. The lowest BCUT2D eigenvalue weighted by Gasteiger charge is -2.43. The second-order valence-electron chi connectivity index (χ2n) is 6.09. The third-order valence-corrected chi connectivity index (χ3v) is 5.48. The smallest absolute Gasteiger partial charge is 0.230 e. The van der Waals surface area contributed by atoms with Crippen LogP contribution < -0.4 is 5.73 Å². The SMILES string of the molecule is NCC1(C(=O)N(Cc2ccccc2Br)C2CC2)CCC1. The van der Waals surface area contributed by atoms with Gasteiger partial charge in [0.15, 0.2) is 0 Å². The summed E-state index contributed by atoms with van der Waals surface area (Å²) < 4.78 is 1.08. The normalized spacial score (nSPS) is 20.3. The lowest BCUT2D eigenvalue weighted by molar-refractivity contribution is -0.148. The first kappa shape index (κ1) is 14.1. The zero-order valence-electron chi connectivity index (χ0n) is 11.6. The molecule has 0 radical (unpaired) electrons. The first-order valence-electron chi connectivity index (χ1n) is 7.41. The maximum Gasteiger partial charge on any atom is 0.230 e. The van der Waals surface area contributed by atoms with Crippen LogP contribution in [0.2, 0.25) is 0 Å². The van der Waals surface area contributed by atoms with E-state index in [1.165, 1.54) is 5.56 Å². The predicted molar refractivity (Wildman–Crippen MR) is 83.1 cm³/mol. The zero-order chi connectivity index (χ0) is 14.2. The minimum Gasteiger partial charge on any atom is -0.335 e. The standard InChI is InChI=1S/C16H21BrN2O/c17-14-5-2-1-4-12(14)10-19(13-6-7-13)15(20)16(11-18)8-3-9-16/h1-2,4-5,13H,3,6-11,18H2. The number of rotatable bonds is 5. The second kappa shape index (κ2) is 5.49. The van der Waals surface area contributed by atoms with Gasteiger partial charge in [-0.2, -0.15) is 0 Å². The van der Waals surface area contributed by atoms with Crippen LogP contribution in [-0.4, -0.2) is 23.4 Å². The van der Waals surface area contributed by atoms with E-state index in [4.69, 9.17) is 5.73 Å². The molecule has 4 heteroatoms. The van der Waals surface area contributed by atoms with Crippen LogP contribution in [-0.2, 0) is 11.3 Å². The highest BCUT2D eigenvalue weighted by Gasteiger charge is 2.48. The van der Waals surface area contributed by atoms with Gasteiger partial charge in [0.2, 0.25) is 5.91 Å². The molecule has 3 rings (SSSR count). The van der Waals surface area contributed by atoms with Crippen LogP contribution in [0.4, 0.5) is 0 Å². The molecule has 2 fully saturated rings. The highest BCUT2D eigenvalue weighted by Crippen LogP contribution is 2.44. The largest absolute Gasteiger partial charge is 0.335 e. The van der Waals surface area contributed by atoms with Gasteiger partial charge in [-0.1, -0.05) is 40.5 Å². The molecule has 0 aromatic heterocycles. The van der Waals surface area contributed by atoms with Gasteiger partial charge in [-0.05, 0) is 37.3 Å². The van der Waals surface area contributed by atoms with Crippen LogP contribution in [0.3, 0.4) is 0 Å². The van der Waals surface area contributed by atoms with Crippen molar-refractivity contribution in [3.05, 3.63) is 34.3 Å². The van der Waals surface area contributed by atoms with Crippen LogP contribution in [0.15, 0.2) is 28.7 Å². The van der Waals surface area contributed by atoms with Crippen molar-refractivity contribution in [2.24, 2.45) is 11.1 Å². The molecule has 2 aliphatic rings. The predicted octanol–water partition coefficient (Wildman–Crippen LogP) is 3.07. The summed E-state index contributed by atoms with van der Waals surface area (Å²) in [5.41, 5.74) is 6.81. The number of hydrogen-bond donors (Lipinski definition) is 1. The Morgan fingerprint density at radius 2 is 2.05 bits per heavy atom. The number of nitrogens with zero attached hydrogens (tertiary/aromatic N) is 1. The van der Waals surface area contributed by atoms with E-state index in [2.05, 4.69) is 26.9 Å².